The average molecular weight is 433 g/mol. The molecule has 0 bridgehead atoms. The summed E-state index contributed by atoms with van der Waals surface area (Å²) in [7, 11) is 0. The van der Waals surface area contributed by atoms with E-state index < -0.39 is 0 Å². The van der Waals surface area contributed by atoms with Crippen LogP contribution in [0.15, 0.2) is 72.7 Å². The Hall–Kier alpha value is -3.39. The molecule has 0 aliphatic carbocycles. The first-order chi connectivity index (χ1) is 15.0. The van der Waals surface area contributed by atoms with Crippen LogP contribution in [0.3, 0.4) is 0 Å². The summed E-state index contributed by atoms with van der Waals surface area (Å²) >= 11 is 1.43. The molecule has 2 heterocycles. The second-order valence-corrected chi connectivity index (χ2v) is 8.38. The van der Waals surface area contributed by atoms with Crippen molar-refractivity contribution in [1.82, 2.24) is 29.6 Å². The number of amides is 1. The number of carbonyl (C=O) groups excluding carboxylic acids is 1. The topological polar surface area (TPSA) is 77.6 Å². The predicted molar refractivity (Wildman–Crippen MR) is 122 cm³/mol. The van der Waals surface area contributed by atoms with Gasteiger partial charge in [-0.15, -0.1) is 0 Å². The summed E-state index contributed by atoms with van der Waals surface area (Å²) < 4.78 is 3.71. The van der Waals surface area contributed by atoms with Crippen LogP contribution in [0.1, 0.15) is 29.7 Å². The summed E-state index contributed by atoms with van der Waals surface area (Å²) in [5.74, 6) is 0.260. The maximum absolute atomic E-state index is 12.5. The summed E-state index contributed by atoms with van der Waals surface area (Å²) in [5.41, 5.74) is 5.40. The third-order valence-electron chi connectivity index (χ3n) is 4.88. The van der Waals surface area contributed by atoms with Crippen molar-refractivity contribution in [2.24, 2.45) is 0 Å². The molecule has 1 atom stereocenters. The van der Waals surface area contributed by atoms with Gasteiger partial charge in [0.15, 0.2) is 5.16 Å². The third-order valence-corrected chi connectivity index (χ3v) is 5.84. The van der Waals surface area contributed by atoms with Gasteiger partial charge in [0.2, 0.25) is 5.91 Å². The van der Waals surface area contributed by atoms with E-state index in [1.54, 1.807) is 17.2 Å². The smallest absolute Gasteiger partial charge is 0.230 e. The number of aromatic nitrogens is 5. The molecular weight excluding hydrogens is 408 g/mol. The summed E-state index contributed by atoms with van der Waals surface area (Å²) in [6, 6.07) is 14.2. The number of carbonyl (C=O) groups is 1. The fourth-order valence-electron chi connectivity index (χ4n) is 3.44. The minimum atomic E-state index is -0.0999. The summed E-state index contributed by atoms with van der Waals surface area (Å²) in [6.45, 7) is 6.13. The van der Waals surface area contributed by atoms with Gasteiger partial charge in [0.05, 0.1) is 17.5 Å². The Morgan fingerprint density at radius 3 is 2.52 bits per heavy atom. The Balaban J connectivity index is 1.36. The van der Waals surface area contributed by atoms with Crippen molar-refractivity contribution in [3.05, 3.63) is 84.2 Å². The van der Waals surface area contributed by atoms with Crippen LogP contribution in [-0.2, 0) is 4.79 Å². The summed E-state index contributed by atoms with van der Waals surface area (Å²) in [4.78, 5) is 20.9. The molecule has 31 heavy (non-hydrogen) atoms. The molecule has 8 heteroatoms. The van der Waals surface area contributed by atoms with E-state index >= 15 is 0 Å². The Morgan fingerprint density at radius 2 is 1.84 bits per heavy atom. The Kier molecular flexibility index (Phi) is 6.18. The lowest BCUT2D eigenvalue weighted by atomic mass is 10.1. The fraction of sp³-hybridized carbons (Fsp3) is 0.217. The van der Waals surface area contributed by atoms with Gasteiger partial charge in [-0.05, 0) is 61.7 Å². The zero-order valence-electron chi connectivity index (χ0n) is 17.7. The SMILES string of the molecule is Cc1cc(C)cc(-n2ccnc2SCC(=O)N[C@H](C)c2ccc(-n3cncn3)cc2)c1. The van der Waals surface area contributed by atoms with Gasteiger partial charge >= 0.3 is 0 Å². The quantitative estimate of drug-likeness (QED) is 0.446. The zero-order chi connectivity index (χ0) is 21.8. The van der Waals surface area contributed by atoms with Crippen LogP contribution < -0.4 is 5.32 Å². The molecule has 158 valence electrons. The van der Waals surface area contributed by atoms with Gasteiger partial charge in [-0.2, -0.15) is 5.10 Å². The second kappa shape index (κ2) is 9.18. The molecule has 0 aliphatic rings. The number of thioether (sulfide) groups is 1. The maximum Gasteiger partial charge on any atom is 0.230 e. The first-order valence-electron chi connectivity index (χ1n) is 9.99. The molecule has 1 amide bonds. The fourth-order valence-corrected chi connectivity index (χ4v) is 4.22. The highest BCUT2D eigenvalue weighted by Crippen LogP contribution is 2.22. The van der Waals surface area contributed by atoms with Gasteiger partial charge in [-0.3, -0.25) is 9.36 Å². The molecular formula is C23H24N6OS. The number of aryl methyl sites for hydroxylation is 2. The van der Waals surface area contributed by atoms with Crippen molar-refractivity contribution in [2.45, 2.75) is 32.0 Å². The van der Waals surface area contributed by atoms with Gasteiger partial charge < -0.3 is 5.32 Å². The van der Waals surface area contributed by atoms with Gasteiger partial charge in [-0.1, -0.05) is 30.0 Å². The first kappa shape index (κ1) is 20.9. The number of nitrogens with zero attached hydrogens (tertiary/aromatic N) is 5. The minimum absolute atomic E-state index is 0.0344. The second-order valence-electron chi connectivity index (χ2n) is 7.44. The molecule has 0 saturated heterocycles. The number of imidazole rings is 1. The van der Waals surface area contributed by atoms with Gasteiger partial charge in [-0.25, -0.2) is 14.6 Å². The van der Waals surface area contributed by atoms with E-state index in [0.29, 0.717) is 5.75 Å². The number of hydrogen-bond donors (Lipinski definition) is 1. The van der Waals surface area contributed by atoms with Crippen molar-refractivity contribution >= 4 is 17.7 Å². The molecule has 1 N–H and O–H groups in total. The highest BCUT2D eigenvalue weighted by Gasteiger charge is 2.13. The summed E-state index contributed by atoms with van der Waals surface area (Å²) in [6.07, 6.45) is 6.84. The van der Waals surface area contributed by atoms with E-state index in [1.807, 2.05) is 42.0 Å². The predicted octanol–water partition coefficient (Wildman–Crippen LogP) is 4.04. The van der Waals surface area contributed by atoms with Crippen LogP contribution in [0.2, 0.25) is 0 Å². The van der Waals surface area contributed by atoms with Crippen LogP contribution in [0.5, 0.6) is 0 Å². The molecule has 0 saturated carbocycles. The largest absolute Gasteiger partial charge is 0.349 e. The normalized spacial score (nSPS) is 12.0. The molecule has 2 aromatic heterocycles. The van der Waals surface area contributed by atoms with Gasteiger partial charge in [0.1, 0.15) is 12.7 Å². The van der Waals surface area contributed by atoms with Crippen molar-refractivity contribution in [3.8, 4) is 11.4 Å². The Bertz CT molecular complexity index is 1150. The molecule has 4 aromatic rings. The van der Waals surface area contributed by atoms with Crippen molar-refractivity contribution in [2.75, 3.05) is 5.75 Å². The van der Waals surface area contributed by atoms with Crippen molar-refractivity contribution < 1.29 is 4.79 Å². The van der Waals surface area contributed by atoms with E-state index in [1.165, 1.54) is 29.2 Å². The highest BCUT2D eigenvalue weighted by atomic mass is 32.2. The van der Waals surface area contributed by atoms with Crippen LogP contribution in [-0.4, -0.2) is 36.0 Å². The molecule has 7 nitrogen and oxygen atoms in total. The lowest BCUT2D eigenvalue weighted by Crippen LogP contribution is -2.28. The van der Waals surface area contributed by atoms with Crippen LogP contribution >= 0.6 is 11.8 Å². The molecule has 2 aromatic carbocycles. The third kappa shape index (κ3) is 5.03. The first-order valence-corrected chi connectivity index (χ1v) is 11.0. The lowest BCUT2D eigenvalue weighted by Gasteiger charge is -2.15. The highest BCUT2D eigenvalue weighted by molar-refractivity contribution is 7.99. The van der Waals surface area contributed by atoms with Crippen LogP contribution in [0.25, 0.3) is 11.4 Å². The van der Waals surface area contributed by atoms with Crippen LogP contribution in [0.4, 0.5) is 0 Å². The van der Waals surface area contributed by atoms with E-state index in [0.717, 1.165) is 22.1 Å². The maximum atomic E-state index is 12.5. The van der Waals surface area contributed by atoms with E-state index in [2.05, 4.69) is 52.4 Å². The van der Waals surface area contributed by atoms with Crippen molar-refractivity contribution in [1.29, 1.82) is 0 Å². The standard InChI is InChI=1S/C23H24N6OS/c1-16-10-17(2)12-21(11-16)28-9-8-25-23(28)31-13-22(30)27-18(3)19-4-6-20(7-5-19)29-15-24-14-26-29/h4-12,14-15,18H,13H2,1-3H3,(H,27,30)/t18-/m1/s1. The number of nitrogens with one attached hydrogen (secondary N) is 1. The summed E-state index contributed by atoms with van der Waals surface area (Å²) in [5, 5.41) is 7.98. The minimum Gasteiger partial charge on any atom is -0.349 e. The van der Waals surface area contributed by atoms with Gasteiger partial charge in [0.25, 0.3) is 0 Å². The van der Waals surface area contributed by atoms with E-state index in [9.17, 15) is 4.79 Å². The number of hydrogen-bond acceptors (Lipinski definition) is 5. The van der Waals surface area contributed by atoms with Gasteiger partial charge in [0, 0.05) is 18.1 Å². The molecule has 0 aliphatic heterocycles. The van der Waals surface area contributed by atoms with Crippen molar-refractivity contribution in [3.63, 3.8) is 0 Å². The molecule has 4 rings (SSSR count). The van der Waals surface area contributed by atoms with Crippen LogP contribution in [0, 0.1) is 13.8 Å². The Morgan fingerprint density at radius 1 is 1.10 bits per heavy atom. The lowest BCUT2D eigenvalue weighted by molar-refractivity contribution is -0.119. The molecule has 0 fully saturated rings. The zero-order valence-corrected chi connectivity index (χ0v) is 18.5. The number of rotatable bonds is 7. The Labute approximate surface area is 185 Å². The molecule has 0 spiro atoms. The molecule has 0 unspecified atom stereocenters. The van der Waals surface area contributed by atoms with E-state index in [4.69, 9.17) is 0 Å². The van der Waals surface area contributed by atoms with E-state index in [-0.39, 0.29) is 11.9 Å². The monoisotopic (exact) mass is 432 g/mol. The average Bonchev–Trinajstić information content (AvgIpc) is 3.44. The number of benzene rings is 2. The molecule has 0 radical (unpaired) electrons.